The molecule has 0 aromatic carbocycles. The zero-order chi connectivity index (χ0) is 18.4. The zero-order valence-electron chi connectivity index (χ0n) is 14.7. The summed E-state index contributed by atoms with van der Waals surface area (Å²) in [4.78, 5) is 18.4. The lowest BCUT2D eigenvalue weighted by atomic mass is 9.98. The van der Waals surface area contributed by atoms with Crippen molar-refractivity contribution in [3.8, 4) is 0 Å². The predicted molar refractivity (Wildman–Crippen MR) is 94.7 cm³/mol. The lowest BCUT2D eigenvalue weighted by molar-refractivity contribution is -0.145. The second-order valence-corrected chi connectivity index (χ2v) is 8.44. The molecule has 0 saturated carbocycles. The average molecular weight is 383 g/mol. The molecule has 1 aromatic heterocycles. The maximum atomic E-state index is 12.6. The Labute approximate surface area is 153 Å². The van der Waals surface area contributed by atoms with E-state index in [9.17, 15) is 13.2 Å². The van der Waals surface area contributed by atoms with Gasteiger partial charge in [0.1, 0.15) is 0 Å². The first-order valence-corrected chi connectivity index (χ1v) is 10.5. The Morgan fingerprint density at radius 1 is 1.27 bits per heavy atom. The fourth-order valence-electron chi connectivity index (χ4n) is 3.21. The van der Waals surface area contributed by atoms with E-state index in [-0.39, 0.29) is 24.1 Å². The minimum atomic E-state index is -3.53. The van der Waals surface area contributed by atoms with Crippen molar-refractivity contribution in [1.82, 2.24) is 14.6 Å². The van der Waals surface area contributed by atoms with E-state index in [1.807, 2.05) is 0 Å². The molecule has 0 unspecified atom stereocenters. The molecule has 3 rings (SSSR count). The fourth-order valence-corrected chi connectivity index (χ4v) is 4.39. The number of rotatable bonds is 6. The molecule has 8 nitrogen and oxygen atoms in total. The van der Waals surface area contributed by atoms with Crippen molar-refractivity contribution in [1.29, 1.82) is 0 Å². The lowest BCUT2D eigenvalue weighted by Gasteiger charge is -2.35. The second kappa shape index (κ2) is 8.90. The number of aromatic nitrogens is 1. The van der Waals surface area contributed by atoms with Crippen LogP contribution in [0.25, 0.3) is 0 Å². The number of hydrogen-bond acceptors (Lipinski definition) is 6. The van der Waals surface area contributed by atoms with Crippen molar-refractivity contribution < 1.29 is 22.7 Å². The first-order valence-electron chi connectivity index (χ1n) is 8.89. The molecule has 0 bridgehead atoms. The third-order valence-corrected chi connectivity index (χ3v) is 6.02. The number of amides is 1. The summed E-state index contributed by atoms with van der Waals surface area (Å²) in [6.07, 6.45) is 2.55. The molecule has 0 spiro atoms. The van der Waals surface area contributed by atoms with Crippen molar-refractivity contribution in [3.63, 3.8) is 0 Å². The summed E-state index contributed by atoms with van der Waals surface area (Å²) in [5.41, 5.74) is 0.650. The normalized spacial score (nSPS) is 22.3. The van der Waals surface area contributed by atoms with Gasteiger partial charge in [-0.1, -0.05) is 6.07 Å². The molecule has 1 atom stereocenters. The van der Waals surface area contributed by atoms with Crippen LogP contribution in [0, 0.1) is 5.92 Å². The molecule has 9 heteroatoms. The Bertz CT molecular complexity index is 692. The molecule has 2 aliphatic rings. The summed E-state index contributed by atoms with van der Waals surface area (Å²) < 4.78 is 38.0. The maximum Gasteiger partial charge on any atom is 0.226 e. The Balaban J connectivity index is 1.51. The van der Waals surface area contributed by atoms with Gasteiger partial charge in [0.25, 0.3) is 0 Å². The van der Waals surface area contributed by atoms with E-state index in [2.05, 4.69) is 9.71 Å². The molecule has 1 amide bonds. The number of carbonyl (C=O) groups excluding carboxylic acids is 1. The van der Waals surface area contributed by atoms with Gasteiger partial charge in [0.05, 0.1) is 30.7 Å². The number of nitrogens with zero attached hydrogens (tertiary/aromatic N) is 2. The van der Waals surface area contributed by atoms with Crippen LogP contribution in [0.3, 0.4) is 0 Å². The van der Waals surface area contributed by atoms with Gasteiger partial charge in [-0.05, 0) is 25.0 Å². The van der Waals surface area contributed by atoms with E-state index in [0.29, 0.717) is 38.6 Å². The highest BCUT2D eigenvalue weighted by atomic mass is 32.2. The monoisotopic (exact) mass is 383 g/mol. The molecule has 1 N–H and O–H groups in total. The Hall–Kier alpha value is -1.55. The van der Waals surface area contributed by atoms with Crippen LogP contribution in [0.15, 0.2) is 24.4 Å². The number of ether oxygens (including phenoxy) is 2. The van der Waals surface area contributed by atoms with Crippen molar-refractivity contribution in [2.75, 3.05) is 38.7 Å². The second-order valence-electron chi connectivity index (χ2n) is 6.59. The minimum absolute atomic E-state index is 0.0265. The Morgan fingerprint density at radius 3 is 2.81 bits per heavy atom. The average Bonchev–Trinajstić information content (AvgIpc) is 2.67. The van der Waals surface area contributed by atoms with Crippen molar-refractivity contribution in [2.45, 2.75) is 25.5 Å². The van der Waals surface area contributed by atoms with Gasteiger partial charge < -0.3 is 14.4 Å². The fraction of sp³-hybridized carbons (Fsp3) is 0.647. The standard InChI is InChI=1S/C17H25N3O5S/c21-17(14-4-8-24-9-5-14)20-7-10-25-16(12-20)13-26(22,23)19-11-15-3-1-2-6-18-15/h1-3,6,14,16,19H,4-5,7-13H2/t16-/m1/s1. The quantitative estimate of drug-likeness (QED) is 0.751. The predicted octanol–water partition coefficient (Wildman–Crippen LogP) is 0.155. The summed E-state index contributed by atoms with van der Waals surface area (Å²) in [6, 6.07) is 5.34. The van der Waals surface area contributed by atoms with Crippen LogP contribution in [0.1, 0.15) is 18.5 Å². The van der Waals surface area contributed by atoms with E-state index in [0.717, 1.165) is 12.8 Å². The zero-order valence-corrected chi connectivity index (χ0v) is 15.5. The summed E-state index contributed by atoms with van der Waals surface area (Å²) in [7, 11) is -3.53. The number of pyridine rings is 1. The smallest absolute Gasteiger partial charge is 0.226 e. The number of nitrogens with one attached hydrogen (secondary N) is 1. The number of morpholine rings is 1. The van der Waals surface area contributed by atoms with Gasteiger partial charge >= 0.3 is 0 Å². The van der Waals surface area contributed by atoms with E-state index in [1.54, 1.807) is 29.3 Å². The Kier molecular flexibility index (Phi) is 6.58. The van der Waals surface area contributed by atoms with Gasteiger partial charge in [0, 0.05) is 38.4 Å². The molecule has 2 saturated heterocycles. The van der Waals surface area contributed by atoms with E-state index in [4.69, 9.17) is 9.47 Å². The first-order chi connectivity index (χ1) is 12.5. The molecule has 0 radical (unpaired) electrons. The van der Waals surface area contributed by atoms with Gasteiger partial charge in [-0.2, -0.15) is 0 Å². The van der Waals surface area contributed by atoms with Crippen molar-refractivity contribution in [2.24, 2.45) is 5.92 Å². The van der Waals surface area contributed by atoms with Gasteiger partial charge in [-0.3, -0.25) is 9.78 Å². The largest absolute Gasteiger partial charge is 0.381 e. The molecule has 2 aliphatic heterocycles. The maximum absolute atomic E-state index is 12.6. The topological polar surface area (TPSA) is 97.8 Å². The number of hydrogen-bond donors (Lipinski definition) is 1. The van der Waals surface area contributed by atoms with Crippen LogP contribution in [0.5, 0.6) is 0 Å². The number of sulfonamides is 1. The third kappa shape index (κ3) is 5.47. The van der Waals surface area contributed by atoms with Crippen LogP contribution in [0.4, 0.5) is 0 Å². The molecule has 144 valence electrons. The Morgan fingerprint density at radius 2 is 2.08 bits per heavy atom. The van der Waals surface area contributed by atoms with Gasteiger partial charge in [-0.15, -0.1) is 0 Å². The summed E-state index contributed by atoms with van der Waals surface area (Å²) >= 11 is 0. The molecule has 2 fully saturated rings. The minimum Gasteiger partial charge on any atom is -0.381 e. The van der Waals surface area contributed by atoms with Crippen LogP contribution in [-0.2, 0) is 30.8 Å². The number of carbonyl (C=O) groups is 1. The van der Waals surface area contributed by atoms with Gasteiger partial charge in [0.15, 0.2) is 0 Å². The van der Waals surface area contributed by atoms with Gasteiger partial charge in [0.2, 0.25) is 15.9 Å². The SMILES string of the molecule is O=C(C1CCOCC1)N1CCO[C@@H](CS(=O)(=O)NCc2ccccn2)C1. The summed E-state index contributed by atoms with van der Waals surface area (Å²) in [5.74, 6) is -0.112. The van der Waals surface area contributed by atoms with Crippen molar-refractivity contribution >= 4 is 15.9 Å². The van der Waals surface area contributed by atoms with E-state index < -0.39 is 16.1 Å². The molecule has 3 heterocycles. The molecule has 1 aromatic rings. The van der Waals surface area contributed by atoms with Crippen molar-refractivity contribution in [3.05, 3.63) is 30.1 Å². The van der Waals surface area contributed by atoms with Crippen LogP contribution in [0.2, 0.25) is 0 Å². The first kappa shape index (κ1) is 19.2. The highest BCUT2D eigenvalue weighted by Gasteiger charge is 2.32. The summed E-state index contributed by atoms with van der Waals surface area (Å²) in [5, 5.41) is 0. The molecular formula is C17H25N3O5S. The summed E-state index contributed by atoms with van der Waals surface area (Å²) in [6.45, 7) is 2.52. The van der Waals surface area contributed by atoms with E-state index in [1.165, 1.54) is 0 Å². The lowest BCUT2D eigenvalue weighted by Crippen LogP contribution is -2.51. The van der Waals surface area contributed by atoms with Crippen LogP contribution >= 0.6 is 0 Å². The highest BCUT2D eigenvalue weighted by molar-refractivity contribution is 7.89. The third-order valence-electron chi connectivity index (χ3n) is 4.63. The molecule has 0 aliphatic carbocycles. The van der Waals surface area contributed by atoms with Crippen LogP contribution in [-0.4, -0.2) is 69.0 Å². The van der Waals surface area contributed by atoms with Gasteiger partial charge in [-0.25, -0.2) is 13.1 Å². The van der Waals surface area contributed by atoms with E-state index >= 15 is 0 Å². The van der Waals surface area contributed by atoms with Crippen LogP contribution < -0.4 is 4.72 Å². The molecule has 26 heavy (non-hydrogen) atoms. The molecular weight excluding hydrogens is 358 g/mol. The highest BCUT2D eigenvalue weighted by Crippen LogP contribution is 2.19.